The molecule has 1 aliphatic rings. The molecule has 0 radical (unpaired) electrons. The number of halogens is 1. The van der Waals surface area contributed by atoms with Gasteiger partial charge in [-0.25, -0.2) is 4.98 Å². The van der Waals surface area contributed by atoms with Gasteiger partial charge >= 0.3 is 0 Å². The highest BCUT2D eigenvalue weighted by Gasteiger charge is 2.37. The second-order valence-corrected chi connectivity index (χ2v) is 10.0. The summed E-state index contributed by atoms with van der Waals surface area (Å²) < 4.78 is 0. The number of nitrogens with zero attached hydrogens (tertiary/aromatic N) is 5. The predicted octanol–water partition coefficient (Wildman–Crippen LogP) is 3.71. The van der Waals surface area contributed by atoms with Crippen molar-refractivity contribution in [3.63, 3.8) is 0 Å². The van der Waals surface area contributed by atoms with Crippen LogP contribution in [0.3, 0.4) is 0 Å². The van der Waals surface area contributed by atoms with E-state index in [1.165, 1.54) is 4.90 Å². The Labute approximate surface area is 228 Å². The zero-order chi connectivity index (χ0) is 27.4. The monoisotopic (exact) mass is 533 g/mol. The molecule has 0 unspecified atom stereocenters. The minimum absolute atomic E-state index is 0.156. The van der Waals surface area contributed by atoms with Gasteiger partial charge in [-0.15, -0.1) is 0 Å². The number of anilines is 1. The Hall–Kier alpha value is -3.75. The van der Waals surface area contributed by atoms with E-state index in [-0.39, 0.29) is 11.8 Å². The number of benzene rings is 2. The number of aromatic nitrogens is 1. The van der Waals surface area contributed by atoms with E-state index < -0.39 is 5.60 Å². The first-order chi connectivity index (χ1) is 18.1. The fraction of sp³-hybridized carbons (Fsp3) is 0.310. The van der Waals surface area contributed by atoms with Gasteiger partial charge in [-0.05, 0) is 36.2 Å². The molecule has 2 amide bonds. The number of hydrogen-bond acceptors (Lipinski definition) is 6. The van der Waals surface area contributed by atoms with Gasteiger partial charge in [0, 0.05) is 70.9 Å². The molecule has 38 heavy (non-hydrogen) atoms. The van der Waals surface area contributed by atoms with Gasteiger partial charge in [-0.2, -0.15) is 0 Å². The fourth-order valence-electron chi connectivity index (χ4n) is 4.56. The molecular formula is C29H32ClN5O3. The van der Waals surface area contributed by atoms with Crippen molar-refractivity contribution in [1.82, 2.24) is 14.8 Å². The van der Waals surface area contributed by atoms with Crippen molar-refractivity contribution in [3.8, 4) is 11.1 Å². The molecule has 2 aromatic carbocycles. The van der Waals surface area contributed by atoms with Gasteiger partial charge in [0.15, 0.2) is 5.60 Å². The number of aliphatic hydroxyl groups is 1. The Morgan fingerprint density at radius 3 is 2.34 bits per heavy atom. The summed E-state index contributed by atoms with van der Waals surface area (Å²) in [5, 5.41) is 11.3. The number of piperazine rings is 1. The Morgan fingerprint density at radius 1 is 1.05 bits per heavy atom. The molecule has 1 atom stereocenters. The maximum Gasteiger partial charge on any atom is 0.259 e. The van der Waals surface area contributed by atoms with E-state index in [2.05, 4.69) is 9.89 Å². The van der Waals surface area contributed by atoms with Gasteiger partial charge in [0.1, 0.15) is 5.82 Å². The van der Waals surface area contributed by atoms with Crippen LogP contribution in [0.4, 0.5) is 5.82 Å². The lowest BCUT2D eigenvalue weighted by molar-refractivity contribution is -0.150. The average Bonchev–Trinajstić information content (AvgIpc) is 2.93. The standard InChI is InChI=1S/C29H32ClN5O3/c1-29(38,23-8-6-5-7-9-23)28(37)35-14-12-34(13-15-35)26-22(18-31-2)16-21(19-32-26)20-10-11-24(25(30)17-20)27(36)33(3)4/h5-11,16-19,38H,12-15H2,1-4H3/b31-18+/t29-/m1/s1. The van der Waals surface area contributed by atoms with Crippen LogP contribution < -0.4 is 4.90 Å². The summed E-state index contributed by atoms with van der Waals surface area (Å²) in [4.78, 5) is 39.7. The molecule has 1 aliphatic heterocycles. The van der Waals surface area contributed by atoms with Gasteiger partial charge in [0.05, 0.1) is 10.6 Å². The zero-order valence-electron chi connectivity index (χ0n) is 22.1. The summed E-state index contributed by atoms with van der Waals surface area (Å²) in [7, 11) is 5.08. The SMILES string of the molecule is C/N=C/c1cc(-c2ccc(C(=O)N(C)C)c(Cl)c2)cnc1N1CCN(C(=O)[C@](C)(O)c2ccccc2)CC1. The van der Waals surface area contributed by atoms with E-state index in [9.17, 15) is 14.7 Å². The number of pyridine rings is 1. The Bertz CT molecular complexity index is 1350. The molecule has 8 nitrogen and oxygen atoms in total. The lowest BCUT2D eigenvalue weighted by atomic mass is 9.94. The van der Waals surface area contributed by atoms with Crippen molar-refractivity contribution in [3.05, 3.63) is 82.5 Å². The smallest absolute Gasteiger partial charge is 0.259 e. The number of amides is 2. The molecule has 1 N–H and O–H groups in total. The molecule has 1 fully saturated rings. The third-order valence-electron chi connectivity index (χ3n) is 6.72. The number of aliphatic imine (C=N–C) groups is 1. The summed E-state index contributed by atoms with van der Waals surface area (Å²) in [5.41, 5.74) is 1.96. The minimum atomic E-state index is -1.59. The highest BCUT2D eigenvalue weighted by molar-refractivity contribution is 6.34. The maximum absolute atomic E-state index is 13.2. The topological polar surface area (TPSA) is 89.3 Å². The van der Waals surface area contributed by atoms with Crippen molar-refractivity contribution in [2.75, 3.05) is 52.2 Å². The second-order valence-electron chi connectivity index (χ2n) is 9.64. The third-order valence-corrected chi connectivity index (χ3v) is 7.03. The molecule has 3 aromatic rings. The van der Waals surface area contributed by atoms with Crippen LogP contribution in [-0.2, 0) is 10.4 Å². The van der Waals surface area contributed by atoms with Crippen LogP contribution in [0.15, 0.2) is 65.8 Å². The summed E-state index contributed by atoms with van der Waals surface area (Å²) in [6, 6.07) is 16.3. The van der Waals surface area contributed by atoms with Gasteiger partial charge < -0.3 is 19.8 Å². The number of carbonyl (C=O) groups excluding carboxylic acids is 2. The summed E-state index contributed by atoms with van der Waals surface area (Å²) in [5.74, 6) is 0.304. The first kappa shape index (κ1) is 27.3. The van der Waals surface area contributed by atoms with Crippen LogP contribution in [-0.4, -0.2) is 85.2 Å². The van der Waals surface area contributed by atoms with Crippen LogP contribution in [0.5, 0.6) is 0 Å². The quantitative estimate of drug-likeness (QED) is 0.488. The molecule has 2 heterocycles. The molecular weight excluding hydrogens is 502 g/mol. The Balaban J connectivity index is 1.52. The summed E-state index contributed by atoms with van der Waals surface area (Å²) >= 11 is 6.43. The zero-order valence-corrected chi connectivity index (χ0v) is 22.8. The van der Waals surface area contributed by atoms with Crippen LogP contribution in [0.25, 0.3) is 11.1 Å². The molecule has 1 saturated heterocycles. The molecule has 0 aliphatic carbocycles. The van der Waals surface area contributed by atoms with E-state index in [0.717, 1.165) is 22.5 Å². The first-order valence-electron chi connectivity index (χ1n) is 12.4. The summed E-state index contributed by atoms with van der Waals surface area (Å²) in [6.07, 6.45) is 3.54. The fourth-order valence-corrected chi connectivity index (χ4v) is 4.82. The molecule has 4 rings (SSSR count). The lowest BCUT2D eigenvalue weighted by Gasteiger charge is -2.39. The van der Waals surface area contributed by atoms with Crippen LogP contribution >= 0.6 is 11.6 Å². The lowest BCUT2D eigenvalue weighted by Crippen LogP contribution is -2.54. The Morgan fingerprint density at radius 2 is 1.74 bits per heavy atom. The van der Waals surface area contributed by atoms with E-state index in [1.54, 1.807) is 69.6 Å². The van der Waals surface area contributed by atoms with E-state index >= 15 is 0 Å². The van der Waals surface area contributed by atoms with Crippen molar-refractivity contribution in [2.24, 2.45) is 4.99 Å². The van der Waals surface area contributed by atoms with Gasteiger partial charge in [-0.3, -0.25) is 14.6 Å². The van der Waals surface area contributed by atoms with Crippen molar-refractivity contribution < 1.29 is 14.7 Å². The van der Waals surface area contributed by atoms with Crippen molar-refractivity contribution in [2.45, 2.75) is 12.5 Å². The van der Waals surface area contributed by atoms with Crippen LogP contribution in [0.2, 0.25) is 5.02 Å². The Kier molecular flexibility index (Phi) is 8.14. The molecule has 0 saturated carbocycles. The van der Waals surface area contributed by atoms with Crippen molar-refractivity contribution >= 4 is 35.4 Å². The van der Waals surface area contributed by atoms with Crippen molar-refractivity contribution in [1.29, 1.82) is 0 Å². The van der Waals surface area contributed by atoms with Gasteiger partial charge in [0.25, 0.3) is 11.8 Å². The highest BCUT2D eigenvalue weighted by atomic mass is 35.5. The van der Waals surface area contributed by atoms with Gasteiger partial charge in [0.2, 0.25) is 0 Å². The largest absolute Gasteiger partial charge is 0.376 e. The van der Waals surface area contributed by atoms with E-state index in [0.29, 0.717) is 42.3 Å². The molecule has 1 aromatic heterocycles. The molecule has 0 bridgehead atoms. The average molecular weight is 534 g/mol. The van der Waals surface area contributed by atoms with E-state index in [4.69, 9.17) is 16.6 Å². The highest BCUT2D eigenvalue weighted by Crippen LogP contribution is 2.30. The summed E-state index contributed by atoms with van der Waals surface area (Å²) in [6.45, 7) is 3.61. The normalized spacial score (nSPS) is 15.4. The predicted molar refractivity (Wildman–Crippen MR) is 151 cm³/mol. The molecule has 9 heteroatoms. The minimum Gasteiger partial charge on any atom is -0.376 e. The molecule has 0 spiro atoms. The number of carbonyl (C=O) groups is 2. The third kappa shape index (κ3) is 5.56. The second kappa shape index (κ2) is 11.3. The van der Waals surface area contributed by atoms with Crippen LogP contribution in [0.1, 0.15) is 28.4 Å². The van der Waals surface area contributed by atoms with Crippen LogP contribution in [0, 0.1) is 0 Å². The van der Waals surface area contributed by atoms with E-state index in [1.807, 2.05) is 30.3 Å². The number of rotatable bonds is 6. The number of hydrogen-bond donors (Lipinski definition) is 1. The van der Waals surface area contributed by atoms with Gasteiger partial charge in [-0.1, -0.05) is 48.0 Å². The maximum atomic E-state index is 13.2. The first-order valence-corrected chi connectivity index (χ1v) is 12.8. The molecule has 198 valence electrons.